The topological polar surface area (TPSA) is 50.4 Å². The van der Waals surface area contributed by atoms with Gasteiger partial charge in [0.15, 0.2) is 0 Å². The zero-order chi connectivity index (χ0) is 18.9. The van der Waals surface area contributed by atoms with Crippen molar-refractivity contribution in [2.75, 3.05) is 13.7 Å². The lowest BCUT2D eigenvalue weighted by molar-refractivity contribution is 0.171. The van der Waals surface area contributed by atoms with Crippen molar-refractivity contribution in [1.82, 2.24) is 10.6 Å². The Labute approximate surface area is 158 Å². The summed E-state index contributed by atoms with van der Waals surface area (Å²) in [7, 11) is 1.39. The summed E-state index contributed by atoms with van der Waals surface area (Å²) in [6.45, 7) is 7.10. The maximum Gasteiger partial charge on any atom is 0.406 e. The van der Waals surface area contributed by atoms with Crippen LogP contribution in [0.15, 0.2) is 40.7 Å². The monoisotopic (exact) mass is 358 g/mol. The van der Waals surface area contributed by atoms with E-state index in [1.54, 1.807) is 0 Å². The summed E-state index contributed by atoms with van der Waals surface area (Å²) in [6, 6.07) is 1.10. The van der Waals surface area contributed by atoms with Gasteiger partial charge in [-0.1, -0.05) is 11.6 Å². The maximum atomic E-state index is 11.2. The molecule has 0 radical (unpaired) electrons. The molecule has 2 aliphatic rings. The van der Waals surface area contributed by atoms with Crippen LogP contribution in [0.5, 0.6) is 0 Å². The number of alkyl carbamates (subject to hydrolysis) is 1. The normalized spacial score (nSPS) is 18.8. The fourth-order valence-electron chi connectivity index (χ4n) is 2.93. The second-order valence-corrected chi connectivity index (χ2v) is 7.45. The summed E-state index contributed by atoms with van der Waals surface area (Å²) in [4.78, 5) is 11.2. The first-order valence-electron chi connectivity index (χ1n) is 9.91. The second kappa shape index (κ2) is 10.4. The SMILES string of the molecule is CC=C=C(/C=C(\C=C(/C)C(C)NC1CC1)CCCNC(=O)OC)C1CC1. The second-order valence-electron chi connectivity index (χ2n) is 7.45. The van der Waals surface area contributed by atoms with E-state index in [1.165, 1.54) is 49.5 Å². The van der Waals surface area contributed by atoms with Gasteiger partial charge in [-0.05, 0) is 88.5 Å². The molecule has 2 saturated carbocycles. The fourth-order valence-corrected chi connectivity index (χ4v) is 2.93. The smallest absolute Gasteiger partial charge is 0.406 e. The van der Waals surface area contributed by atoms with E-state index >= 15 is 0 Å². The first-order valence-corrected chi connectivity index (χ1v) is 9.91. The summed E-state index contributed by atoms with van der Waals surface area (Å²) in [5, 5.41) is 6.43. The van der Waals surface area contributed by atoms with Crippen LogP contribution in [0.3, 0.4) is 0 Å². The minimum absolute atomic E-state index is 0.364. The van der Waals surface area contributed by atoms with E-state index in [4.69, 9.17) is 0 Å². The number of ether oxygens (including phenoxy) is 1. The Morgan fingerprint density at radius 1 is 1.27 bits per heavy atom. The minimum Gasteiger partial charge on any atom is -0.453 e. The van der Waals surface area contributed by atoms with Gasteiger partial charge in [-0.15, -0.1) is 5.73 Å². The number of nitrogens with one attached hydrogen (secondary N) is 2. The highest BCUT2D eigenvalue weighted by Gasteiger charge is 2.25. The first kappa shape index (κ1) is 20.5. The summed E-state index contributed by atoms with van der Waals surface area (Å²) in [5.74, 6) is 0.671. The molecule has 0 heterocycles. The summed E-state index contributed by atoms with van der Waals surface area (Å²) in [5.41, 5.74) is 7.41. The first-order chi connectivity index (χ1) is 12.5. The Balaban J connectivity index is 2.04. The van der Waals surface area contributed by atoms with Gasteiger partial charge in [-0.25, -0.2) is 4.79 Å². The summed E-state index contributed by atoms with van der Waals surface area (Å²) >= 11 is 0. The zero-order valence-electron chi connectivity index (χ0n) is 16.7. The van der Waals surface area contributed by atoms with Crippen molar-refractivity contribution in [3.63, 3.8) is 0 Å². The maximum absolute atomic E-state index is 11.2. The van der Waals surface area contributed by atoms with Crippen molar-refractivity contribution in [3.8, 4) is 0 Å². The van der Waals surface area contributed by atoms with Gasteiger partial charge in [0.05, 0.1) is 7.11 Å². The number of carbonyl (C=O) groups excluding carboxylic acids is 1. The molecule has 1 unspecified atom stereocenters. The van der Waals surface area contributed by atoms with Crippen molar-refractivity contribution in [2.24, 2.45) is 5.92 Å². The highest BCUT2D eigenvalue weighted by molar-refractivity contribution is 5.66. The number of carbonyl (C=O) groups is 1. The molecule has 144 valence electrons. The number of amides is 1. The fraction of sp³-hybridized carbons (Fsp3) is 0.636. The number of allylic oxidation sites excluding steroid dienone is 4. The van der Waals surface area contributed by atoms with E-state index in [0.29, 0.717) is 24.5 Å². The molecule has 2 fully saturated rings. The standard InChI is InChI=1S/C22H34N2O2/c1-5-7-20(19-9-10-19)15-18(8-6-13-23-22(25)26-4)14-16(2)17(3)24-21-11-12-21/h5,14-15,17,19,21,24H,6,8-13H2,1-4H3,(H,23,25)/b16-14+,18-15-. The van der Waals surface area contributed by atoms with Gasteiger partial charge in [0.1, 0.15) is 0 Å². The minimum atomic E-state index is -0.364. The number of hydrogen-bond acceptors (Lipinski definition) is 3. The molecule has 0 aliphatic heterocycles. The van der Waals surface area contributed by atoms with Crippen LogP contribution in [0.4, 0.5) is 4.79 Å². The molecule has 0 aromatic rings. The molecule has 1 atom stereocenters. The number of methoxy groups -OCH3 is 1. The summed E-state index contributed by atoms with van der Waals surface area (Å²) < 4.78 is 4.63. The highest BCUT2D eigenvalue weighted by Crippen LogP contribution is 2.37. The van der Waals surface area contributed by atoms with Crippen LogP contribution in [0.25, 0.3) is 0 Å². The quantitative estimate of drug-likeness (QED) is 0.340. The van der Waals surface area contributed by atoms with E-state index < -0.39 is 0 Å². The van der Waals surface area contributed by atoms with Crippen molar-refractivity contribution in [2.45, 2.75) is 71.4 Å². The Hall–Kier alpha value is -1.77. The van der Waals surface area contributed by atoms with Crippen LogP contribution in [-0.2, 0) is 4.74 Å². The molecule has 0 spiro atoms. The van der Waals surface area contributed by atoms with Gasteiger partial charge >= 0.3 is 6.09 Å². The largest absolute Gasteiger partial charge is 0.453 e. The van der Waals surface area contributed by atoms with E-state index in [-0.39, 0.29) is 6.09 Å². The van der Waals surface area contributed by atoms with Crippen LogP contribution in [0.1, 0.15) is 59.3 Å². The van der Waals surface area contributed by atoms with Gasteiger partial charge in [-0.2, -0.15) is 0 Å². The molecule has 1 amide bonds. The lowest BCUT2D eigenvalue weighted by atomic mass is 9.99. The van der Waals surface area contributed by atoms with Crippen LogP contribution in [0.2, 0.25) is 0 Å². The van der Waals surface area contributed by atoms with E-state index in [2.05, 4.69) is 47.1 Å². The van der Waals surface area contributed by atoms with Gasteiger partial charge in [-0.3, -0.25) is 0 Å². The Kier molecular flexibility index (Phi) is 8.21. The van der Waals surface area contributed by atoms with Gasteiger partial charge in [0.25, 0.3) is 0 Å². The summed E-state index contributed by atoms with van der Waals surface area (Å²) in [6.07, 6.45) is 13.2. The third kappa shape index (κ3) is 7.63. The predicted molar refractivity (Wildman–Crippen MR) is 107 cm³/mol. The average molecular weight is 359 g/mol. The number of rotatable bonds is 10. The molecular formula is C22H34N2O2. The molecule has 0 aromatic heterocycles. The lowest BCUT2D eigenvalue weighted by Crippen LogP contribution is -2.29. The Bertz CT molecular complexity index is 604. The number of hydrogen-bond donors (Lipinski definition) is 2. The van der Waals surface area contributed by atoms with Crippen LogP contribution >= 0.6 is 0 Å². The predicted octanol–water partition coefficient (Wildman–Crippen LogP) is 4.65. The Morgan fingerprint density at radius 2 is 2.00 bits per heavy atom. The van der Waals surface area contributed by atoms with E-state index in [9.17, 15) is 4.79 Å². The Morgan fingerprint density at radius 3 is 2.58 bits per heavy atom. The molecule has 2 N–H and O–H groups in total. The van der Waals surface area contributed by atoms with Crippen LogP contribution < -0.4 is 10.6 Å². The zero-order valence-corrected chi connectivity index (χ0v) is 16.7. The van der Waals surface area contributed by atoms with Crippen LogP contribution in [-0.4, -0.2) is 31.8 Å². The molecular weight excluding hydrogens is 324 g/mol. The van der Waals surface area contributed by atoms with E-state index in [1.807, 2.05) is 13.0 Å². The molecule has 2 rings (SSSR count). The molecule has 2 aliphatic carbocycles. The molecule has 4 heteroatoms. The van der Waals surface area contributed by atoms with Crippen molar-refractivity contribution in [1.29, 1.82) is 0 Å². The average Bonchev–Trinajstić information content (AvgIpc) is 3.51. The third-order valence-corrected chi connectivity index (χ3v) is 4.93. The van der Waals surface area contributed by atoms with Crippen LogP contribution in [0, 0.1) is 5.92 Å². The molecule has 26 heavy (non-hydrogen) atoms. The molecule has 0 saturated heterocycles. The van der Waals surface area contributed by atoms with Gasteiger partial charge in [0, 0.05) is 18.6 Å². The van der Waals surface area contributed by atoms with Crippen molar-refractivity contribution >= 4 is 6.09 Å². The lowest BCUT2D eigenvalue weighted by Gasteiger charge is -2.15. The molecule has 0 aromatic carbocycles. The van der Waals surface area contributed by atoms with Gasteiger partial charge < -0.3 is 15.4 Å². The third-order valence-electron chi connectivity index (χ3n) is 4.93. The van der Waals surface area contributed by atoms with E-state index in [0.717, 1.165) is 12.8 Å². The molecule has 0 bridgehead atoms. The molecule has 4 nitrogen and oxygen atoms in total. The van der Waals surface area contributed by atoms with Gasteiger partial charge in [0.2, 0.25) is 0 Å². The van der Waals surface area contributed by atoms with Crippen molar-refractivity contribution in [3.05, 3.63) is 40.7 Å². The highest BCUT2D eigenvalue weighted by atomic mass is 16.5. The van der Waals surface area contributed by atoms with Crippen molar-refractivity contribution < 1.29 is 9.53 Å².